The molecule has 32 heavy (non-hydrogen) atoms. The molecule has 2 aliphatic heterocycles. The van der Waals surface area contributed by atoms with Gasteiger partial charge in [-0.3, -0.25) is 24.6 Å². The number of rotatable bonds is 8. The van der Waals surface area contributed by atoms with Gasteiger partial charge in [-0.1, -0.05) is 29.4 Å². The first-order chi connectivity index (χ1) is 15.6. The first kappa shape index (κ1) is 21.9. The predicted octanol–water partition coefficient (Wildman–Crippen LogP) is 1.75. The van der Waals surface area contributed by atoms with Crippen molar-refractivity contribution in [2.45, 2.75) is 12.5 Å². The smallest absolute Gasteiger partial charge is 0.317 e. The van der Waals surface area contributed by atoms with Gasteiger partial charge in [-0.2, -0.15) is 5.10 Å². The minimum Gasteiger partial charge on any atom is -0.480 e. The molecule has 0 spiro atoms. The maximum Gasteiger partial charge on any atom is 0.317 e. The van der Waals surface area contributed by atoms with Gasteiger partial charge in [0.25, 0.3) is 0 Å². The van der Waals surface area contributed by atoms with Crippen molar-refractivity contribution < 1.29 is 14.7 Å². The quantitative estimate of drug-likeness (QED) is 0.498. The van der Waals surface area contributed by atoms with Crippen LogP contribution in [-0.2, 0) is 9.63 Å². The van der Waals surface area contributed by atoms with Crippen LogP contribution in [0.3, 0.4) is 0 Å². The number of oxime groups is 1. The molecule has 0 aliphatic carbocycles. The molecule has 0 bridgehead atoms. The number of hydrogen-bond acceptors (Lipinski definition) is 8. The minimum atomic E-state index is -0.770. The monoisotopic (exact) mass is 436 g/mol. The van der Waals surface area contributed by atoms with Crippen molar-refractivity contribution in [3.05, 3.63) is 59.9 Å². The fourth-order valence-corrected chi connectivity index (χ4v) is 3.83. The first-order valence-electron chi connectivity index (χ1n) is 10.7. The highest BCUT2D eigenvalue weighted by Crippen LogP contribution is 2.19. The number of anilines is 1. The van der Waals surface area contributed by atoms with E-state index < -0.39 is 5.97 Å². The zero-order valence-corrected chi connectivity index (χ0v) is 18.2. The molecular formula is C23H28N6O3. The van der Waals surface area contributed by atoms with Crippen molar-refractivity contribution in [1.29, 1.82) is 0 Å². The number of pyridine rings is 1. The van der Waals surface area contributed by atoms with Gasteiger partial charge in [0.2, 0.25) is 0 Å². The average molecular weight is 437 g/mol. The summed E-state index contributed by atoms with van der Waals surface area (Å²) in [6.07, 6.45) is 6.13. The molecule has 1 aromatic carbocycles. The summed E-state index contributed by atoms with van der Waals surface area (Å²) in [5.74, 6) is -0.770. The Hall–Kier alpha value is -3.30. The van der Waals surface area contributed by atoms with Crippen LogP contribution in [0.5, 0.6) is 0 Å². The Morgan fingerprint density at radius 2 is 1.97 bits per heavy atom. The second-order valence-electron chi connectivity index (χ2n) is 8.04. The normalized spacial score (nSPS) is 19.7. The van der Waals surface area contributed by atoms with E-state index in [0.717, 1.165) is 61.7 Å². The molecule has 2 aliphatic rings. The van der Waals surface area contributed by atoms with Crippen LogP contribution in [0.2, 0.25) is 0 Å². The summed E-state index contributed by atoms with van der Waals surface area (Å²) in [5.41, 5.74) is 3.93. The Labute approximate surface area is 187 Å². The number of aliphatic carboxylic acids is 1. The number of hydrogen-bond donors (Lipinski definition) is 1. The molecule has 9 nitrogen and oxygen atoms in total. The van der Waals surface area contributed by atoms with E-state index in [1.807, 2.05) is 54.6 Å². The molecule has 1 aromatic heterocycles. The Balaban J connectivity index is 1.25. The fraction of sp³-hybridized carbons (Fsp3) is 0.391. The zero-order valence-electron chi connectivity index (χ0n) is 18.2. The molecule has 3 heterocycles. The van der Waals surface area contributed by atoms with E-state index in [-0.39, 0.29) is 12.6 Å². The van der Waals surface area contributed by atoms with Crippen LogP contribution < -0.4 is 5.01 Å². The lowest BCUT2D eigenvalue weighted by molar-refractivity contribution is -0.138. The summed E-state index contributed by atoms with van der Waals surface area (Å²) in [7, 11) is 1.89. The SMILES string of the molecule is CN(/N=C/c1ccc(C2=NOC(CN3CCN(CC(=O)O)CC3)C2)cc1)c1cccnc1. The van der Waals surface area contributed by atoms with Crippen LogP contribution in [0.1, 0.15) is 17.5 Å². The van der Waals surface area contributed by atoms with Crippen molar-refractivity contribution in [3.8, 4) is 0 Å². The first-order valence-corrected chi connectivity index (χ1v) is 10.7. The fourth-order valence-electron chi connectivity index (χ4n) is 3.83. The van der Waals surface area contributed by atoms with Gasteiger partial charge < -0.3 is 9.94 Å². The van der Waals surface area contributed by atoms with E-state index in [9.17, 15) is 4.79 Å². The summed E-state index contributed by atoms with van der Waals surface area (Å²) in [4.78, 5) is 24.9. The molecule has 4 rings (SSSR count). The maximum atomic E-state index is 10.8. The third-order valence-electron chi connectivity index (χ3n) is 5.66. The predicted molar refractivity (Wildman–Crippen MR) is 123 cm³/mol. The number of piperazine rings is 1. The van der Waals surface area contributed by atoms with Crippen LogP contribution >= 0.6 is 0 Å². The van der Waals surface area contributed by atoms with Gasteiger partial charge in [-0.15, -0.1) is 0 Å². The number of nitrogens with zero attached hydrogens (tertiary/aromatic N) is 6. The third kappa shape index (κ3) is 5.89. The summed E-state index contributed by atoms with van der Waals surface area (Å²) < 4.78 is 0. The summed E-state index contributed by atoms with van der Waals surface area (Å²) in [6.45, 7) is 4.16. The summed E-state index contributed by atoms with van der Waals surface area (Å²) in [6, 6.07) is 12.0. The molecule has 0 amide bonds. The van der Waals surface area contributed by atoms with Crippen molar-refractivity contribution in [2.24, 2.45) is 10.3 Å². The van der Waals surface area contributed by atoms with Gasteiger partial charge in [-0.05, 0) is 23.3 Å². The van der Waals surface area contributed by atoms with E-state index in [4.69, 9.17) is 9.94 Å². The molecule has 1 fully saturated rings. The maximum absolute atomic E-state index is 10.8. The Bertz CT molecular complexity index is 955. The number of carboxylic acid groups (broad SMARTS) is 1. The lowest BCUT2D eigenvalue weighted by atomic mass is 10.0. The number of hydrazone groups is 1. The van der Waals surface area contributed by atoms with Gasteiger partial charge in [0.1, 0.15) is 6.10 Å². The lowest BCUT2D eigenvalue weighted by Crippen LogP contribution is -2.49. The highest BCUT2D eigenvalue weighted by molar-refractivity contribution is 6.01. The van der Waals surface area contributed by atoms with Crippen LogP contribution in [0.15, 0.2) is 59.0 Å². The Kier molecular flexibility index (Phi) is 7.08. The molecule has 1 unspecified atom stereocenters. The molecule has 0 radical (unpaired) electrons. The number of carbonyl (C=O) groups is 1. The summed E-state index contributed by atoms with van der Waals surface area (Å²) >= 11 is 0. The third-order valence-corrected chi connectivity index (χ3v) is 5.66. The van der Waals surface area contributed by atoms with Crippen molar-refractivity contribution in [2.75, 3.05) is 51.3 Å². The Morgan fingerprint density at radius 1 is 1.22 bits per heavy atom. The van der Waals surface area contributed by atoms with Gasteiger partial charge in [-0.25, -0.2) is 0 Å². The van der Waals surface area contributed by atoms with Crippen LogP contribution in [0, 0.1) is 0 Å². The lowest BCUT2D eigenvalue weighted by Gasteiger charge is -2.34. The molecular weight excluding hydrogens is 408 g/mol. The van der Waals surface area contributed by atoms with Crippen molar-refractivity contribution in [3.63, 3.8) is 0 Å². The highest BCUT2D eigenvalue weighted by Gasteiger charge is 2.26. The second kappa shape index (κ2) is 10.3. The minimum absolute atomic E-state index is 0.0328. The number of benzene rings is 1. The second-order valence-corrected chi connectivity index (χ2v) is 8.04. The van der Waals surface area contributed by atoms with Crippen molar-refractivity contribution >= 4 is 23.6 Å². The van der Waals surface area contributed by atoms with Crippen LogP contribution in [0.25, 0.3) is 0 Å². The topological polar surface area (TPSA) is 93.9 Å². The number of carboxylic acids is 1. The number of aromatic nitrogens is 1. The molecule has 2 aromatic rings. The highest BCUT2D eigenvalue weighted by atomic mass is 16.6. The largest absolute Gasteiger partial charge is 0.480 e. The van der Waals surface area contributed by atoms with Gasteiger partial charge in [0.05, 0.1) is 30.4 Å². The molecule has 1 saturated heterocycles. The van der Waals surface area contributed by atoms with Crippen LogP contribution in [-0.4, -0.2) is 90.2 Å². The van der Waals surface area contributed by atoms with Crippen molar-refractivity contribution in [1.82, 2.24) is 14.8 Å². The van der Waals surface area contributed by atoms with Gasteiger partial charge in [0.15, 0.2) is 0 Å². The van der Waals surface area contributed by atoms with E-state index >= 15 is 0 Å². The van der Waals surface area contributed by atoms with Gasteiger partial charge >= 0.3 is 5.97 Å². The van der Waals surface area contributed by atoms with E-state index in [1.54, 1.807) is 17.4 Å². The standard InChI is InChI=1S/C23H28N6O3/c1-27(20-3-2-8-24-15-20)25-14-18-4-6-19(7-5-18)22-13-21(32-26-22)16-28-9-11-29(12-10-28)17-23(30)31/h2-8,14-15,21H,9-13,16-17H2,1H3,(H,30,31)/b25-14+. The molecule has 1 atom stereocenters. The summed E-state index contributed by atoms with van der Waals surface area (Å²) in [5, 5.41) is 19.5. The van der Waals surface area contributed by atoms with E-state index in [2.05, 4.69) is 20.1 Å². The van der Waals surface area contributed by atoms with Gasteiger partial charge in [0, 0.05) is 52.4 Å². The Morgan fingerprint density at radius 3 is 2.66 bits per heavy atom. The molecule has 1 N–H and O–H groups in total. The molecule has 168 valence electrons. The molecule has 0 saturated carbocycles. The van der Waals surface area contributed by atoms with E-state index in [1.165, 1.54) is 0 Å². The molecule has 9 heteroatoms. The van der Waals surface area contributed by atoms with Crippen LogP contribution in [0.4, 0.5) is 5.69 Å². The average Bonchev–Trinajstić information content (AvgIpc) is 3.28. The van der Waals surface area contributed by atoms with E-state index in [0.29, 0.717) is 0 Å². The zero-order chi connectivity index (χ0) is 22.3.